The van der Waals surface area contributed by atoms with Crippen LogP contribution in [0.25, 0.3) is 10.2 Å². The van der Waals surface area contributed by atoms with Crippen LogP contribution in [0.4, 0.5) is 10.3 Å². The molecular formula is C17H17FN4O2S. The first-order valence-electron chi connectivity index (χ1n) is 7.79. The van der Waals surface area contributed by atoms with Crippen molar-refractivity contribution in [3.63, 3.8) is 0 Å². The number of aryl methyl sites for hydroxylation is 1. The minimum absolute atomic E-state index is 0.233. The Morgan fingerprint density at radius 2 is 2.20 bits per heavy atom. The van der Waals surface area contributed by atoms with E-state index in [-0.39, 0.29) is 24.3 Å². The molecule has 130 valence electrons. The molecule has 0 aliphatic heterocycles. The number of halogens is 1. The second-order valence-corrected chi connectivity index (χ2v) is 6.39. The highest BCUT2D eigenvalue weighted by atomic mass is 32.1. The highest BCUT2D eigenvalue weighted by Gasteiger charge is 2.19. The molecule has 0 radical (unpaired) electrons. The van der Waals surface area contributed by atoms with Crippen LogP contribution < -0.4 is 5.32 Å². The van der Waals surface area contributed by atoms with Gasteiger partial charge >= 0.3 is 5.97 Å². The normalized spacial score (nSPS) is 12.2. The fourth-order valence-electron chi connectivity index (χ4n) is 2.38. The van der Waals surface area contributed by atoms with Gasteiger partial charge in [-0.05, 0) is 43.3 Å². The van der Waals surface area contributed by atoms with Gasteiger partial charge in [0.1, 0.15) is 5.82 Å². The molecular weight excluding hydrogens is 343 g/mol. The molecule has 3 rings (SSSR count). The van der Waals surface area contributed by atoms with Crippen molar-refractivity contribution in [2.45, 2.75) is 26.8 Å². The summed E-state index contributed by atoms with van der Waals surface area (Å²) in [6.45, 7) is 5.77. The van der Waals surface area contributed by atoms with Crippen molar-refractivity contribution in [1.29, 1.82) is 0 Å². The molecule has 0 bridgehead atoms. The van der Waals surface area contributed by atoms with E-state index >= 15 is 0 Å². The number of esters is 1. The van der Waals surface area contributed by atoms with Gasteiger partial charge in [-0.25, -0.2) is 19.2 Å². The molecule has 8 heteroatoms. The van der Waals surface area contributed by atoms with E-state index in [1.165, 1.54) is 17.4 Å². The zero-order valence-corrected chi connectivity index (χ0v) is 14.9. The van der Waals surface area contributed by atoms with E-state index in [0.29, 0.717) is 15.8 Å². The van der Waals surface area contributed by atoms with Crippen LogP contribution in [0.1, 0.15) is 41.5 Å². The Kier molecular flexibility index (Phi) is 4.89. The van der Waals surface area contributed by atoms with Crippen LogP contribution in [0.15, 0.2) is 23.8 Å². The largest absolute Gasteiger partial charge is 0.461 e. The van der Waals surface area contributed by atoms with E-state index < -0.39 is 11.8 Å². The second kappa shape index (κ2) is 7.10. The van der Waals surface area contributed by atoms with Crippen LogP contribution in [0.2, 0.25) is 0 Å². The number of nitrogens with zero attached hydrogens (tertiary/aromatic N) is 3. The molecule has 3 aromatic heterocycles. The van der Waals surface area contributed by atoms with Crippen LogP contribution in [-0.4, -0.2) is 27.5 Å². The molecule has 0 saturated heterocycles. The van der Waals surface area contributed by atoms with Gasteiger partial charge < -0.3 is 10.1 Å². The van der Waals surface area contributed by atoms with E-state index in [4.69, 9.17) is 4.74 Å². The zero-order chi connectivity index (χ0) is 18.0. The van der Waals surface area contributed by atoms with Gasteiger partial charge in [-0.15, -0.1) is 11.3 Å². The fraction of sp³-hybridized carbons (Fsp3) is 0.294. The van der Waals surface area contributed by atoms with E-state index in [2.05, 4.69) is 20.3 Å². The smallest absolute Gasteiger partial charge is 0.358 e. The predicted octanol–water partition coefficient (Wildman–Crippen LogP) is 3.88. The summed E-state index contributed by atoms with van der Waals surface area (Å²) in [5.41, 5.74) is 2.55. The van der Waals surface area contributed by atoms with Crippen LogP contribution in [-0.2, 0) is 4.74 Å². The van der Waals surface area contributed by atoms with Crippen molar-refractivity contribution >= 4 is 33.5 Å². The van der Waals surface area contributed by atoms with Crippen molar-refractivity contribution < 1.29 is 13.9 Å². The van der Waals surface area contributed by atoms with Gasteiger partial charge in [-0.3, -0.25) is 4.98 Å². The summed E-state index contributed by atoms with van der Waals surface area (Å²) >= 11 is 1.41. The van der Waals surface area contributed by atoms with Crippen molar-refractivity contribution in [2.75, 3.05) is 11.9 Å². The van der Waals surface area contributed by atoms with E-state index in [0.717, 1.165) is 11.8 Å². The molecule has 1 unspecified atom stereocenters. The molecule has 25 heavy (non-hydrogen) atoms. The first-order valence-corrected chi connectivity index (χ1v) is 8.67. The van der Waals surface area contributed by atoms with E-state index in [1.54, 1.807) is 13.1 Å². The SMILES string of the molecule is CCOC(=O)c1nc(NC(C)c2cncc(F)c2)nc2c(C)csc12. The van der Waals surface area contributed by atoms with Gasteiger partial charge in [0.05, 0.1) is 29.1 Å². The maximum atomic E-state index is 13.4. The Bertz CT molecular complexity index is 928. The molecule has 0 aliphatic carbocycles. The number of hydrogen-bond acceptors (Lipinski definition) is 7. The molecule has 0 aromatic carbocycles. The summed E-state index contributed by atoms with van der Waals surface area (Å²) in [6.07, 6.45) is 2.72. The average Bonchev–Trinajstić information content (AvgIpc) is 2.95. The maximum Gasteiger partial charge on any atom is 0.358 e. The molecule has 0 aliphatic rings. The number of thiophene rings is 1. The minimum atomic E-state index is -0.486. The number of carbonyl (C=O) groups excluding carboxylic acids is 1. The number of rotatable bonds is 5. The number of pyridine rings is 1. The number of fused-ring (bicyclic) bond motifs is 1. The second-order valence-electron chi connectivity index (χ2n) is 5.52. The first kappa shape index (κ1) is 17.2. The third-order valence-corrected chi connectivity index (χ3v) is 4.73. The molecule has 0 spiro atoms. The standard InChI is InChI=1S/C17H17FN4O2S/c1-4-24-16(23)14-15-13(9(2)8-25-15)21-17(22-14)20-10(3)11-5-12(18)7-19-6-11/h5-8,10H,4H2,1-3H3,(H,20,21,22). The lowest BCUT2D eigenvalue weighted by Gasteiger charge is -2.15. The predicted molar refractivity (Wildman–Crippen MR) is 94.3 cm³/mol. The molecule has 3 heterocycles. The summed E-state index contributed by atoms with van der Waals surface area (Å²) < 4.78 is 19.2. The zero-order valence-electron chi connectivity index (χ0n) is 14.0. The lowest BCUT2D eigenvalue weighted by molar-refractivity contribution is 0.0522. The quantitative estimate of drug-likeness (QED) is 0.696. The summed E-state index contributed by atoms with van der Waals surface area (Å²) in [5.74, 6) is -0.614. The molecule has 6 nitrogen and oxygen atoms in total. The van der Waals surface area contributed by atoms with Crippen LogP contribution in [0.3, 0.4) is 0 Å². The molecule has 0 fully saturated rings. The minimum Gasteiger partial charge on any atom is -0.461 e. The Hall–Kier alpha value is -2.61. The van der Waals surface area contributed by atoms with E-state index in [9.17, 15) is 9.18 Å². The third-order valence-electron chi connectivity index (χ3n) is 3.63. The Balaban J connectivity index is 1.98. The van der Waals surface area contributed by atoms with Gasteiger partial charge in [0, 0.05) is 6.20 Å². The highest BCUT2D eigenvalue weighted by Crippen LogP contribution is 2.29. The average molecular weight is 360 g/mol. The maximum absolute atomic E-state index is 13.4. The lowest BCUT2D eigenvalue weighted by atomic mass is 10.1. The van der Waals surface area contributed by atoms with Gasteiger partial charge in [0.2, 0.25) is 5.95 Å². The molecule has 1 atom stereocenters. The number of ether oxygens (including phenoxy) is 1. The van der Waals surface area contributed by atoms with Gasteiger partial charge in [-0.2, -0.15) is 0 Å². The summed E-state index contributed by atoms with van der Waals surface area (Å²) in [5, 5.41) is 5.02. The number of aromatic nitrogens is 3. The fourth-order valence-corrected chi connectivity index (χ4v) is 3.34. The van der Waals surface area contributed by atoms with Crippen molar-refractivity contribution in [3.8, 4) is 0 Å². The molecule has 0 amide bonds. The summed E-state index contributed by atoms with van der Waals surface area (Å²) in [4.78, 5) is 24.9. The number of hydrogen-bond donors (Lipinski definition) is 1. The Morgan fingerprint density at radius 3 is 2.92 bits per heavy atom. The summed E-state index contributed by atoms with van der Waals surface area (Å²) in [6, 6.07) is 1.11. The third kappa shape index (κ3) is 3.58. The van der Waals surface area contributed by atoms with Crippen LogP contribution in [0, 0.1) is 12.7 Å². The van der Waals surface area contributed by atoms with Crippen molar-refractivity contribution in [3.05, 3.63) is 46.5 Å². The number of nitrogens with one attached hydrogen (secondary N) is 1. The Morgan fingerprint density at radius 1 is 1.40 bits per heavy atom. The van der Waals surface area contributed by atoms with Gasteiger partial charge in [0.25, 0.3) is 0 Å². The van der Waals surface area contributed by atoms with E-state index in [1.807, 2.05) is 19.2 Å². The van der Waals surface area contributed by atoms with Crippen LogP contribution in [0.5, 0.6) is 0 Å². The molecule has 3 aromatic rings. The monoisotopic (exact) mass is 360 g/mol. The van der Waals surface area contributed by atoms with Crippen molar-refractivity contribution in [1.82, 2.24) is 15.0 Å². The van der Waals surface area contributed by atoms with Gasteiger partial charge in [0.15, 0.2) is 5.69 Å². The topological polar surface area (TPSA) is 77.0 Å². The molecule has 0 saturated carbocycles. The van der Waals surface area contributed by atoms with Gasteiger partial charge in [-0.1, -0.05) is 0 Å². The highest BCUT2D eigenvalue weighted by molar-refractivity contribution is 7.17. The van der Waals surface area contributed by atoms with Crippen LogP contribution >= 0.6 is 11.3 Å². The lowest BCUT2D eigenvalue weighted by Crippen LogP contribution is -2.14. The Labute approximate surface area is 148 Å². The number of anilines is 1. The molecule has 1 N–H and O–H groups in total. The van der Waals surface area contributed by atoms with Crippen molar-refractivity contribution in [2.24, 2.45) is 0 Å². The number of carbonyl (C=O) groups is 1. The first-order chi connectivity index (χ1) is 12.0. The summed E-state index contributed by atoms with van der Waals surface area (Å²) in [7, 11) is 0.